The van der Waals surface area contributed by atoms with Gasteiger partial charge in [-0.05, 0) is 94.5 Å². The van der Waals surface area contributed by atoms with Crippen LogP contribution < -0.4 is 0 Å². The Morgan fingerprint density at radius 2 is 1.43 bits per heavy atom. The van der Waals surface area contributed by atoms with Crippen LogP contribution in [0, 0.1) is 35.5 Å². The molecule has 4 aliphatic rings. The number of ketones is 3. The van der Waals surface area contributed by atoms with Gasteiger partial charge in [0.15, 0.2) is 5.78 Å². The van der Waals surface area contributed by atoms with Crippen LogP contribution in [0.25, 0.3) is 0 Å². The van der Waals surface area contributed by atoms with Gasteiger partial charge in [0.05, 0.1) is 24.4 Å². The Labute approximate surface area is 360 Å². The Bertz CT molecular complexity index is 1650. The van der Waals surface area contributed by atoms with E-state index in [4.69, 9.17) is 9.47 Å². The summed E-state index contributed by atoms with van der Waals surface area (Å²) in [6.07, 6.45) is 8.54. The zero-order valence-electron chi connectivity index (χ0n) is 36.8. The molecule has 14 nitrogen and oxygen atoms in total. The zero-order chi connectivity index (χ0) is 45.2. The summed E-state index contributed by atoms with van der Waals surface area (Å²) in [4.78, 5) is 70.3. The molecule has 0 aromatic carbocycles. The molecule has 6 N–H and O–H groups in total. The van der Waals surface area contributed by atoms with Crippen molar-refractivity contribution in [1.82, 2.24) is 4.90 Å². The first-order valence-electron chi connectivity index (χ1n) is 22.3. The van der Waals surface area contributed by atoms with Gasteiger partial charge in [0.1, 0.15) is 30.1 Å². The van der Waals surface area contributed by atoms with Gasteiger partial charge in [-0.25, -0.2) is 4.79 Å². The molecule has 342 valence electrons. The fourth-order valence-electron chi connectivity index (χ4n) is 9.19. The second kappa shape index (κ2) is 22.8. The van der Waals surface area contributed by atoms with Gasteiger partial charge in [0.2, 0.25) is 5.79 Å². The summed E-state index contributed by atoms with van der Waals surface area (Å²) in [5, 5.41) is 65.2. The van der Waals surface area contributed by atoms with Crippen LogP contribution in [-0.2, 0) is 33.4 Å². The second-order valence-electron chi connectivity index (χ2n) is 18.5. The fourth-order valence-corrected chi connectivity index (χ4v) is 9.19. The van der Waals surface area contributed by atoms with Crippen molar-refractivity contribution in [2.45, 2.75) is 173 Å². The normalized spacial score (nSPS) is 41.8. The summed E-state index contributed by atoms with van der Waals surface area (Å²) in [7, 11) is 0. The van der Waals surface area contributed by atoms with Gasteiger partial charge in [-0.1, -0.05) is 77.2 Å². The van der Waals surface area contributed by atoms with Crippen LogP contribution in [-0.4, -0.2) is 126 Å². The Balaban J connectivity index is 1.67. The number of allylic oxidation sites excluding steroid dienone is 6. The van der Waals surface area contributed by atoms with Crippen LogP contribution in [0.5, 0.6) is 0 Å². The van der Waals surface area contributed by atoms with Gasteiger partial charge in [0, 0.05) is 37.1 Å². The highest BCUT2D eigenvalue weighted by Crippen LogP contribution is 2.37. The van der Waals surface area contributed by atoms with Crippen LogP contribution in [0.4, 0.5) is 0 Å². The number of Topliss-reactive ketones (excluding diaryl/α,β-unsaturated/α-hetero) is 3. The number of hydrogen-bond acceptors (Lipinski definition) is 13. The Hall–Kier alpha value is -3.37. The molecule has 0 spiro atoms. The summed E-state index contributed by atoms with van der Waals surface area (Å²) in [6, 6.07) is -1.32. The van der Waals surface area contributed by atoms with Crippen LogP contribution in [0.1, 0.15) is 119 Å². The highest BCUT2D eigenvalue weighted by molar-refractivity contribution is 6.39. The van der Waals surface area contributed by atoms with Crippen molar-refractivity contribution in [2.75, 3.05) is 6.54 Å². The SMILES string of the molecule is C/C1=C\[C@@H](C)C(=O)C[C@@H]([C@H](C)CC2CCC(O)CC2)OC(=O)C2CCC(O)CN2C(=O)C(=O)[C@]2(O)O[C@@H](CC[C@H]2C)C[C@H](O)/C=C/C=C/C=C\[C@@H](C)C[C@@H](C)C(=O)[C@H](O)[C@@H]1O. The van der Waals surface area contributed by atoms with Gasteiger partial charge in [-0.2, -0.15) is 0 Å². The van der Waals surface area contributed by atoms with Gasteiger partial charge >= 0.3 is 5.97 Å². The van der Waals surface area contributed by atoms with Gasteiger partial charge in [-0.15, -0.1) is 0 Å². The number of cyclic esters (lactones) is 1. The standard InChI is InChI=1S/C47H71NO13/c1-27-11-9-7-8-10-12-35(50)24-37-19-13-32(6)47(59,61-37)44(56)45(57)48-26-36(51)18-20-38(48)46(58)60-40(29(3)23-33-14-16-34(49)17-15-33)25-39(52)28(2)22-31(5)42(54)43(55)41(53)30(4)21-27/h7-12,22,27-30,32-38,40,42-43,49-51,54-55,59H,13-21,23-26H2,1-6H3/b8-7+,11-9-,12-10+,31-22+/t27-,28-,29-,30-,32-,33?,34?,35-,36?,37+,38?,40+,42-,43+,47-/m1/s1. The topological polar surface area (TPSA) is 228 Å². The van der Waals surface area contributed by atoms with E-state index in [1.807, 2.05) is 19.9 Å². The first-order valence-corrected chi connectivity index (χ1v) is 22.3. The number of carbonyl (C=O) groups is 5. The van der Waals surface area contributed by atoms with Crippen molar-refractivity contribution in [2.24, 2.45) is 35.5 Å². The molecule has 0 aromatic rings. The number of aliphatic hydroxyl groups excluding tert-OH is 5. The molecule has 4 rings (SSSR count). The van der Waals surface area contributed by atoms with Crippen LogP contribution in [0.15, 0.2) is 48.1 Å². The molecule has 1 aliphatic carbocycles. The molecule has 3 aliphatic heterocycles. The molecule has 2 bridgehead atoms. The minimum absolute atomic E-state index is 0.0188. The van der Waals surface area contributed by atoms with Crippen LogP contribution in [0.3, 0.4) is 0 Å². The molecule has 14 heteroatoms. The van der Waals surface area contributed by atoms with E-state index in [1.54, 1.807) is 45.1 Å². The summed E-state index contributed by atoms with van der Waals surface area (Å²) in [5.41, 5.74) is 0.222. The van der Waals surface area contributed by atoms with Crippen molar-refractivity contribution in [3.63, 3.8) is 0 Å². The lowest BCUT2D eigenvalue weighted by Crippen LogP contribution is -2.62. The van der Waals surface area contributed by atoms with E-state index >= 15 is 0 Å². The first kappa shape index (κ1) is 50.3. The van der Waals surface area contributed by atoms with Crippen LogP contribution >= 0.6 is 0 Å². The lowest BCUT2D eigenvalue weighted by molar-refractivity contribution is -0.265. The summed E-state index contributed by atoms with van der Waals surface area (Å²) >= 11 is 0. The largest absolute Gasteiger partial charge is 0.460 e. The molecule has 13 atom stereocenters. The Morgan fingerprint density at radius 3 is 2.10 bits per heavy atom. The molecular weight excluding hydrogens is 787 g/mol. The number of carbonyl (C=O) groups excluding carboxylic acids is 5. The molecule has 0 aromatic heterocycles. The maximum Gasteiger partial charge on any atom is 0.329 e. The number of hydrogen-bond donors (Lipinski definition) is 6. The minimum Gasteiger partial charge on any atom is -0.460 e. The molecule has 1 saturated carbocycles. The lowest BCUT2D eigenvalue weighted by Gasteiger charge is -2.43. The molecule has 61 heavy (non-hydrogen) atoms. The van der Waals surface area contributed by atoms with Crippen LogP contribution in [0.2, 0.25) is 0 Å². The number of piperidine rings is 1. The maximum atomic E-state index is 14.2. The average molecular weight is 858 g/mol. The quantitative estimate of drug-likeness (QED) is 0.135. The number of ether oxygens (including phenoxy) is 2. The third-order valence-corrected chi connectivity index (χ3v) is 13.3. The molecular formula is C47H71NO13. The summed E-state index contributed by atoms with van der Waals surface area (Å²) in [6.45, 7) is 9.80. The van der Waals surface area contributed by atoms with E-state index in [2.05, 4.69) is 0 Å². The monoisotopic (exact) mass is 857 g/mol. The third kappa shape index (κ3) is 13.8. The second-order valence-corrected chi connectivity index (χ2v) is 18.5. The average Bonchev–Trinajstić information content (AvgIpc) is 3.21. The van der Waals surface area contributed by atoms with Crippen molar-refractivity contribution < 1.29 is 64.1 Å². The minimum atomic E-state index is -2.56. The van der Waals surface area contributed by atoms with E-state index in [0.717, 1.165) is 17.7 Å². The van der Waals surface area contributed by atoms with Crippen molar-refractivity contribution >= 4 is 29.2 Å². The fraction of sp³-hybridized carbons (Fsp3) is 0.723. The Morgan fingerprint density at radius 1 is 0.787 bits per heavy atom. The molecule has 2 saturated heterocycles. The predicted octanol–water partition coefficient (Wildman–Crippen LogP) is 3.83. The van der Waals surface area contributed by atoms with Gasteiger partial charge in [-0.3, -0.25) is 19.2 Å². The van der Waals surface area contributed by atoms with Crippen molar-refractivity contribution in [3.8, 4) is 0 Å². The molecule has 0 radical (unpaired) electrons. The summed E-state index contributed by atoms with van der Waals surface area (Å²) in [5.74, 6) is -9.27. The van der Waals surface area contributed by atoms with E-state index in [9.17, 15) is 54.6 Å². The number of rotatable bonds is 3. The maximum absolute atomic E-state index is 14.2. The number of amides is 1. The highest BCUT2D eigenvalue weighted by Gasteiger charge is 2.53. The summed E-state index contributed by atoms with van der Waals surface area (Å²) < 4.78 is 12.0. The molecule has 3 fully saturated rings. The molecule has 2 unspecified atom stereocenters. The van der Waals surface area contributed by atoms with Crippen molar-refractivity contribution in [3.05, 3.63) is 48.1 Å². The zero-order valence-corrected chi connectivity index (χ0v) is 36.8. The van der Waals surface area contributed by atoms with Gasteiger partial charge in [0.25, 0.3) is 11.7 Å². The number of aliphatic hydroxyl groups is 6. The van der Waals surface area contributed by atoms with E-state index in [-0.39, 0.29) is 67.4 Å². The number of fused-ring (bicyclic) bond motifs is 3. The van der Waals surface area contributed by atoms with E-state index in [0.29, 0.717) is 38.5 Å². The lowest BCUT2D eigenvalue weighted by atomic mass is 9.79. The molecule has 1 amide bonds. The van der Waals surface area contributed by atoms with Gasteiger partial charge < -0.3 is 45.0 Å². The van der Waals surface area contributed by atoms with E-state index in [1.165, 1.54) is 19.1 Å². The first-order chi connectivity index (χ1) is 28.7. The Kier molecular flexibility index (Phi) is 18.8. The van der Waals surface area contributed by atoms with E-state index < -0.39 is 89.6 Å². The molecule has 3 heterocycles. The smallest absolute Gasteiger partial charge is 0.329 e. The number of esters is 1. The van der Waals surface area contributed by atoms with Crippen molar-refractivity contribution in [1.29, 1.82) is 0 Å². The number of nitrogens with zero attached hydrogens (tertiary/aromatic N) is 1. The predicted molar refractivity (Wildman–Crippen MR) is 226 cm³/mol. The highest BCUT2D eigenvalue weighted by atomic mass is 16.6. The third-order valence-electron chi connectivity index (χ3n) is 13.3.